The molecule has 0 fully saturated rings. The smallest absolute Gasteiger partial charge is 0.276 e. The van der Waals surface area contributed by atoms with Crippen LogP contribution in [0.25, 0.3) is 6.08 Å². The minimum atomic E-state index is -0.465. The van der Waals surface area contributed by atoms with E-state index in [4.69, 9.17) is 9.47 Å². The van der Waals surface area contributed by atoms with Gasteiger partial charge in [-0.25, -0.2) is 0 Å². The van der Waals surface area contributed by atoms with Crippen molar-refractivity contribution in [3.8, 4) is 11.5 Å². The van der Waals surface area contributed by atoms with Crippen LogP contribution in [0, 0.1) is 6.92 Å². The summed E-state index contributed by atoms with van der Waals surface area (Å²) in [7, 11) is 1.57. The SMILES string of the molecule is COc1ccc(OCC(=O)NNC(=O)/C=C/c2ccc(C)cc2)cc1. The summed E-state index contributed by atoms with van der Waals surface area (Å²) in [5.74, 6) is 0.331. The second-order valence-corrected chi connectivity index (χ2v) is 5.25. The van der Waals surface area contributed by atoms with Crippen LogP contribution in [0.15, 0.2) is 54.6 Å². The number of hydrogen-bond donors (Lipinski definition) is 2. The maximum Gasteiger partial charge on any atom is 0.276 e. The molecule has 0 bridgehead atoms. The number of amides is 2. The molecule has 6 heteroatoms. The van der Waals surface area contributed by atoms with Gasteiger partial charge in [0.25, 0.3) is 11.8 Å². The number of ether oxygens (including phenoxy) is 2. The number of methoxy groups -OCH3 is 1. The summed E-state index contributed by atoms with van der Waals surface area (Å²) in [5.41, 5.74) is 6.62. The van der Waals surface area contributed by atoms with Crippen LogP contribution in [0.5, 0.6) is 11.5 Å². The zero-order chi connectivity index (χ0) is 18.1. The maximum absolute atomic E-state index is 11.7. The summed E-state index contributed by atoms with van der Waals surface area (Å²) >= 11 is 0. The van der Waals surface area contributed by atoms with Gasteiger partial charge in [0.2, 0.25) is 0 Å². The molecule has 0 saturated carbocycles. The Labute approximate surface area is 146 Å². The first-order valence-corrected chi connectivity index (χ1v) is 7.67. The zero-order valence-corrected chi connectivity index (χ0v) is 14.1. The normalized spacial score (nSPS) is 10.3. The van der Waals surface area contributed by atoms with Gasteiger partial charge in [0.15, 0.2) is 6.61 Å². The first kappa shape index (κ1) is 18.1. The third-order valence-corrected chi connectivity index (χ3v) is 3.26. The molecule has 0 aliphatic carbocycles. The molecule has 2 N–H and O–H groups in total. The first-order valence-electron chi connectivity index (χ1n) is 7.67. The molecular formula is C19H20N2O4. The summed E-state index contributed by atoms with van der Waals surface area (Å²) in [4.78, 5) is 23.3. The molecule has 0 aliphatic heterocycles. The minimum Gasteiger partial charge on any atom is -0.497 e. The number of hydrazine groups is 1. The summed E-state index contributed by atoms with van der Waals surface area (Å²) in [6, 6.07) is 14.5. The first-order chi connectivity index (χ1) is 12.1. The number of aryl methyl sites for hydroxylation is 1. The number of hydrogen-bond acceptors (Lipinski definition) is 4. The molecule has 0 heterocycles. The molecule has 130 valence electrons. The Morgan fingerprint density at radius 3 is 2.24 bits per heavy atom. The molecule has 2 aromatic carbocycles. The van der Waals surface area contributed by atoms with Crippen molar-refractivity contribution in [3.05, 3.63) is 65.7 Å². The number of nitrogens with one attached hydrogen (secondary N) is 2. The Morgan fingerprint density at radius 1 is 0.960 bits per heavy atom. The standard InChI is InChI=1S/C19H20N2O4/c1-14-3-5-15(6-4-14)7-12-18(22)20-21-19(23)13-25-17-10-8-16(24-2)9-11-17/h3-12H,13H2,1-2H3,(H,20,22)(H,21,23)/b12-7+. The van der Waals surface area contributed by atoms with Crippen molar-refractivity contribution >= 4 is 17.9 Å². The fourth-order valence-electron chi connectivity index (χ4n) is 1.88. The van der Waals surface area contributed by atoms with Crippen molar-refractivity contribution < 1.29 is 19.1 Å². The highest BCUT2D eigenvalue weighted by molar-refractivity contribution is 5.93. The lowest BCUT2D eigenvalue weighted by molar-refractivity contribution is -0.128. The molecule has 2 aromatic rings. The lowest BCUT2D eigenvalue weighted by atomic mass is 10.1. The number of rotatable bonds is 6. The lowest BCUT2D eigenvalue weighted by Gasteiger charge is -2.08. The van der Waals surface area contributed by atoms with E-state index in [1.807, 2.05) is 31.2 Å². The number of benzene rings is 2. The average Bonchev–Trinajstić information content (AvgIpc) is 2.64. The van der Waals surface area contributed by atoms with E-state index >= 15 is 0 Å². The van der Waals surface area contributed by atoms with Gasteiger partial charge in [0.05, 0.1) is 7.11 Å². The quantitative estimate of drug-likeness (QED) is 0.625. The zero-order valence-electron chi connectivity index (χ0n) is 14.1. The predicted molar refractivity (Wildman–Crippen MR) is 95.0 cm³/mol. The van der Waals surface area contributed by atoms with E-state index in [9.17, 15) is 9.59 Å². The monoisotopic (exact) mass is 340 g/mol. The summed E-state index contributed by atoms with van der Waals surface area (Å²) < 4.78 is 10.3. The minimum absolute atomic E-state index is 0.214. The molecule has 0 aliphatic rings. The highest BCUT2D eigenvalue weighted by Crippen LogP contribution is 2.16. The topological polar surface area (TPSA) is 76.7 Å². The second-order valence-electron chi connectivity index (χ2n) is 5.25. The van der Waals surface area contributed by atoms with Crippen LogP contribution < -0.4 is 20.3 Å². The van der Waals surface area contributed by atoms with E-state index in [0.29, 0.717) is 11.5 Å². The van der Waals surface area contributed by atoms with E-state index in [2.05, 4.69) is 10.9 Å². The lowest BCUT2D eigenvalue weighted by Crippen LogP contribution is -2.43. The van der Waals surface area contributed by atoms with Gasteiger partial charge >= 0.3 is 0 Å². The van der Waals surface area contributed by atoms with Gasteiger partial charge in [-0.1, -0.05) is 29.8 Å². The van der Waals surface area contributed by atoms with Crippen molar-refractivity contribution in [1.29, 1.82) is 0 Å². The summed E-state index contributed by atoms with van der Waals surface area (Å²) in [6.07, 6.45) is 3.00. The molecule has 0 saturated heterocycles. The fraction of sp³-hybridized carbons (Fsp3) is 0.158. The molecule has 2 rings (SSSR count). The van der Waals surface area contributed by atoms with Crippen molar-refractivity contribution in [2.24, 2.45) is 0 Å². The van der Waals surface area contributed by atoms with Crippen LogP contribution >= 0.6 is 0 Å². The van der Waals surface area contributed by atoms with Gasteiger partial charge in [-0.15, -0.1) is 0 Å². The summed E-state index contributed by atoms with van der Waals surface area (Å²) in [5, 5.41) is 0. The Hall–Kier alpha value is -3.28. The van der Waals surface area contributed by atoms with Crippen molar-refractivity contribution in [2.75, 3.05) is 13.7 Å². The Bertz CT molecular complexity index is 737. The van der Waals surface area contributed by atoms with E-state index in [-0.39, 0.29) is 6.61 Å². The van der Waals surface area contributed by atoms with E-state index < -0.39 is 11.8 Å². The van der Waals surface area contributed by atoms with Crippen LogP contribution in [0.3, 0.4) is 0 Å². The van der Waals surface area contributed by atoms with E-state index in [1.54, 1.807) is 37.5 Å². The largest absolute Gasteiger partial charge is 0.497 e. The highest BCUT2D eigenvalue weighted by atomic mass is 16.5. The molecule has 0 radical (unpaired) electrons. The number of carbonyl (C=O) groups is 2. The molecule has 25 heavy (non-hydrogen) atoms. The Kier molecular flexibility index (Phi) is 6.59. The average molecular weight is 340 g/mol. The fourth-order valence-corrected chi connectivity index (χ4v) is 1.88. The van der Waals surface area contributed by atoms with Crippen molar-refractivity contribution in [3.63, 3.8) is 0 Å². The third-order valence-electron chi connectivity index (χ3n) is 3.26. The van der Waals surface area contributed by atoms with Gasteiger partial charge in [-0.3, -0.25) is 20.4 Å². The van der Waals surface area contributed by atoms with Gasteiger partial charge in [0.1, 0.15) is 11.5 Å². The molecule has 0 unspecified atom stereocenters. The maximum atomic E-state index is 11.7. The molecule has 0 aromatic heterocycles. The highest BCUT2D eigenvalue weighted by Gasteiger charge is 2.04. The van der Waals surface area contributed by atoms with Gasteiger partial charge in [-0.2, -0.15) is 0 Å². The predicted octanol–water partition coefficient (Wildman–Crippen LogP) is 2.24. The number of carbonyl (C=O) groups excluding carboxylic acids is 2. The summed E-state index contributed by atoms with van der Waals surface area (Å²) in [6.45, 7) is 1.78. The van der Waals surface area contributed by atoms with Crippen molar-refractivity contribution in [1.82, 2.24) is 10.9 Å². The van der Waals surface area contributed by atoms with E-state index in [1.165, 1.54) is 6.08 Å². The molecule has 0 spiro atoms. The van der Waals surface area contributed by atoms with Crippen LogP contribution in [0.2, 0.25) is 0 Å². The van der Waals surface area contributed by atoms with Gasteiger partial charge in [-0.05, 0) is 42.8 Å². The third kappa shape index (κ3) is 6.39. The van der Waals surface area contributed by atoms with E-state index in [0.717, 1.165) is 11.1 Å². The van der Waals surface area contributed by atoms with Crippen LogP contribution in [-0.2, 0) is 9.59 Å². The van der Waals surface area contributed by atoms with Crippen LogP contribution in [-0.4, -0.2) is 25.5 Å². The molecule has 6 nitrogen and oxygen atoms in total. The van der Waals surface area contributed by atoms with Crippen LogP contribution in [0.4, 0.5) is 0 Å². The van der Waals surface area contributed by atoms with Gasteiger partial charge in [0, 0.05) is 6.08 Å². The second kappa shape index (κ2) is 9.12. The van der Waals surface area contributed by atoms with Crippen LogP contribution in [0.1, 0.15) is 11.1 Å². The molecule has 2 amide bonds. The molecular weight excluding hydrogens is 320 g/mol. The van der Waals surface area contributed by atoms with Gasteiger partial charge < -0.3 is 9.47 Å². The Balaban J connectivity index is 1.71. The molecule has 0 atom stereocenters. The van der Waals surface area contributed by atoms with Crippen molar-refractivity contribution in [2.45, 2.75) is 6.92 Å². The Morgan fingerprint density at radius 2 is 1.60 bits per heavy atom.